The maximum Gasteiger partial charge on any atom is 0.303 e. The molecule has 0 spiro atoms. The van der Waals surface area contributed by atoms with Gasteiger partial charge in [0.05, 0.1) is 13.1 Å². The molecule has 0 atom stereocenters. The number of carbonyl (C=O) groups is 3. The lowest BCUT2D eigenvalue weighted by atomic mass is 10.2. The van der Waals surface area contributed by atoms with Gasteiger partial charge in [0.25, 0.3) is 0 Å². The lowest BCUT2D eigenvalue weighted by Gasteiger charge is -2.33. The minimum Gasteiger partial charge on any atom is -0.481 e. The maximum atomic E-state index is 11.7. The molecule has 0 saturated carbocycles. The quantitative estimate of drug-likeness (QED) is 0.707. The predicted octanol–water partition coefficient (Wildman–Crippen LogP) is -0.0680. The van der Waals surface area contributed by atoms with Crippen LogP contribution in [0.1, 0.15) is 26.2 Å². The molecule has 6 nitrogen and oxygen atoms in total. The molecule has 1 rings (SSSR count). The number of carbonyl (C=O) groups excluding carboxylic acids is 2. The second-order valence-corrected chi connectivity index (χ2v) is 4.13. The molecule has 0 aliphatic carbocycles. The Hall–Kier alpha value is -1.59. The Bertz CT molecular complexity index is 317. The first-order valence-corrected chi connectivity index (χ1v) is 5.82. The van der Waals surface area contributed by atoms with Gasteiger partial charge in [-0.2, -0.15) is 0 Å². The van der Waals surface area contributed by atoms with E-state index in [0.29, 0.717) is 19.5 Å². The Morgan fingerprint density at radius 2 is 1.71 bits per heavy atom. The van der Waals surface area contributed by atoms with E-state index < -0.39 is 5.97 Å². The number of hydrogen-bond donors (Lipinski definition) is 1. The average molecular weight is 242 g/mol. The molecule has 0 radical (unpaired) electrons. The Balaban J connectivity index is 2.41. The van der Waals surface area contributed by atoms with Crippen LogP contribution in [-0.4, -0.2) is 58.9 Å². The predicted molar refractivity (Wildman–Crippen MR) is 60.3 cm³/mol. The molecule has 17 heavy (non-hydrogen) atoms. The zero-order chi connectivity index (χ0) is 12.8. The molecule has 6 heteroatoms. The van der Waals surface area contributed by atoms with Crippen LogP contribution in [0.25, 0.3) is 0 Å². The van der Waals surface area contributed by atoms with Gasteiger partial charge in [-0.3, -0.25) is 14.4 Å². The van der Waals surface area contributed by atoms with E-state index >= 15 is 0 Å². The Labute approximate surface area is 100 Å². The van der Waals surface area contributed by atoms with Gasteiger partial charge in [-0.05, 0) is 12.8 Å². The van der Waals surface area contributed by atoms with Gasteiger partial charge in [-0.1, -0.05) is 6.92 Å². The molecule has 0 unspecified atom stereocenters. The highest BCUT2D eigenvalue weighted by Gasteiger charge is 2.28. The summed E-state index contributed by atoms with van der Waals surface area (Å²) in [6.07, 6.45) is 1.25. The van der Waals surface area contributed by atoms with E-state index in [4.69, 9.17) is 5.11 Å². The highest BCUT2D eigenvalue weighted by Crippen LogP contribution is 2.07. The third kappa shape index (κ3) is 4.05. The summed E-state index contributed by atoms with van der Waals surface area (Å²) in [6, 6.07) is 0. The fourth-order valence-corrected chi connectivity index (χ4v) is 1.80. The summed E-state index contributed by atoms with van der Waals surface area (Å²) in [7, 11) is 0. The minimum atomic E-state index is -0.881. The van der Waals surface area contributed by atoms with Crippen molar-refractivity contribution >= 4 is 17.8 Å². The lowest BCUT2D eigenvalue weighted by molar-refractivity contribution is -0.150. The van der Waals surface area contributed by atoms with E-state index in [0.717, 1.165) is 6.42 Å². The van der Waals surface area contributed by atoms with Crippen molar-refractivity contribution in [2.75, 3.05) is 26.2 Å². The number of amides is 2. The SMILES string of the molecule is CCCN1CC(=O)N(CCCC(=O)O)CC1=O. The Kier molecular flexibility index (Phi) is 4.93. The largest absolute Gasteiger partial charge is 0.481 e. The monoisotopic (exact) mass is 242 g/mol. The fourth-order valence-electron chi connectivity index (χ4n) is 1.80. The zero-order valence-electron chi connectivity index (χ0n) is 10.0. The number of nitrogens with zero attached hydrogens (tertiary/aromatic N) is 2. The van der Waals surface area contributed by atoms with Crippen molar-refractivity contribution in [1.82, 2.24) is 9.80 Å². The summed E-state index contributed by atoms with van der Waals surface area (Å²) in [5.74, 6) is -1.03. The molecule has 0 aromatic rings. The van der Waals surface area contributed by atoms with Crippen LogP contribution in [0.3, 0.4) is 0 Å². The van der Waals surface area contributed by atoms with Crippen molar-refractivity contribution in [1.29, 1.82) is 0 Å². The third-order valence-electron chi connectivity index (χ3n) is 2.67. The van der Waals surface area contributed by atoms with Crippen LogP contribution in [0.4, 0.5) is 0 Å². The van der Waals surface area contributed by atoms with Crippen LogP contribution in [0.5, 0.6) is 0 Å². The van der Waals surface area contributed by atoms with E-state index in [1.807, 2.05) is 6.92 Å². The summed E-state index contributed by atoms with van der Waals surface area (Å²) in [6.45, 7) is 3.11. The van der Waals surface area contributed by atoms with Crippen molar-refractivity contribution < 1.29 is 19.5 Å². The summed E-state index contributed by atoms with van der Waals surface area (Å²) in [5.41, 5.74) is 0. The van der Waals surface area contributed by atoms with Gasteiger partial charge >= 0.3 is 5.97 Å². The topological polar surface area (TPSA) is 77.9 Å². The van der Waals surface area contributed by atoms with Crippen molar-refractivity contribution in [3.8, 4) is 0 Å². The van der Waals surface area contributed by atoms with E-state index in [-0.39, 0.29) is 31.3 Å². The summed E-state index contributed by atoms with van der Waals surface area (Å²) in [4.78, 5) is 36.7. The smallest absolute Gasteiger partial charge is 0.303 e. The van der Waals surface area contributed by atoms with Gasteiger partial charge in [-0.15, -0.1) is 0 Å². The Morgan fingerprint density at radius 3 is 2.18 bits per heavy atom. The van der Waals surface area contributed by atoms with Gasteiger partial charge in [0.1, 0.15) is 0 Å². The van der Waals surface area contributed by atoms with E-state index in [1.165, 1.54) is 4.90 Å². The third-order valence-corrected chi connectivity index (χ3v) is 2.67. The lowest BCUT2D eigenvalue weighted by Crippen LogP contribution is -2.54. The summed E-state index contributed by atoms with van der Waals surface area (Å²) in [5, 5.41) is 8.49. The molecular weight excluding hydrogens is 224 g/mol. The van der Waals surface area contributed by atoms with Gasteiger partial charge < -0.3 is 14.9 Å². The molecule has 0 bridgehead atoms. The number of aliphatic carboxylic acids is 1. The molecule has 1 aliphatic rings. The summed E-state index contributed by atoms with van der Waals surface area (Å²) < 4.78 is 0. The van der Waals surface area contributed by atoms with Gasteiger partial charge in [0.2, 0.25) is 11.8 Å². The highest BCUT2D eigenvalue weighted by atomic mass is 16.4. The zero-order valence-corrected chi connectivity index (χ0v) is 10.0. The Morgan fingerprint density at radius 1 is 1.18 bits per heavy atom. The van der Waals surface area contributed by atoms with Gasteiger partial charge in [0, 0.05) is 19.5 Å². The molecular formula is C11H18N2O4. The van der Waals surface area contributed by atoms with Crippen LogP contribution in [0.15, 0.2) is 0 Å². The van der Waals surface area contributed by atoms with E-state index in [9.17, 15) is 14.4 Å². The fraction of sp³-hybridized carbons (Fsp3) is 0.727. The number of hydrogen-bond acceptors (Lipinski definition) is 3. The van der Waals surface area contributed by atoms with Crippen molar-refractivity contribution in [3.63, 3.8) is 0 Å². The van der Waals surface area contributed by atoms with Crippen LogP contribution in [0, 0.1) is 0 Å². The highest BCUT2D eigenvalue weighted by molar-refractivity contribution is 5.92. The molecule has 2 amide bonds. The number of carboxylic acids is 1. The number of rotatable bonds is 6. The number of carboxylic acid groups (broad SMARTS) is 1. The summed E-state index contributed by atoms with van der Waals surface area (Å²) >= 11 is 0. The van der Waals surface area contributed by atoms with Gasteiger partial charge in [-0.25, -0.2) is 0 Å². The maximum absolute atomic E-state index is 11.7. The number of piperazine rings is 1. The van der Waals surface area contributed by atoms with E-state index in [1.54, 1.807) is 4.90 Å². The second-order valence-electron chi connectivity index (χ2n) is 4.13. The molecule has 1 aliphatic heterocycles. The molecule has 1 fully saturated rings. The molecule has 1 heterocycles. The van der Waals surface area contributed by atoms with E-state index in [2.05, 4.69) is 0 Å². The standard InChI is InChI=1S/C11H18N2O4/c1-2-5-12-7-10(15)13(8-9(12)14)6-3-4-11(16)17/h2-8H2,1H3,(H,16,17). The molecule has 0 aromatic heterocycles. The molecule has 1 N–H and O–H groups in total. The molecule has 1 saturated heterocycles. The molecule has 96 valence electrons. The minimum absolute atomic E-state index is 0.0244. The van der Waals surface area contributed by atoms with Crippen LogP contribution < -0.4 is 0 Å². The first kappa shape index (κ1) is 13.5. The van der Waals surface area contributed by atoms with Crippen molar-refractivity contribution in [3.05, 3.63) is 0 Å². The first-order valence-electron chi connectivity index (χ1n) is 5.82. The van der Waals surface area contributed by atoms with Crippen LogP contribution >= 0.6 is 0 Å². The molecule has 0 aromatic carbocycles. The van der Waals surface area contributed by atoms with Crippen LogP contribution in [-0.2, 0) is 14.4 Å². The van der Waals surface area contributed by atoms with Crippen molar-refractivity contribution in [2.45, 2.75) is 26.2 Å². The normalized spacial score (nSPS) is 16.5. The second kappa shape index (κ2) is 6.22. The van der Waals surface area contributed by atoms with Crippen LogP contribution in [0.2, 0.25) is 0 Å². The van der Waals surface area contributed by atoms with Gasteiger partial charge in [0.15, 0.2) is 0 Å². The van der Waals surface area contributed by atoms with Crippen molar-refractivity contribution in [2.24, 2.45) is 0 Å². The average Bonchev–Trinajstić information content (AvgIpc) is 2.24. The first-order chi connectivity index (χ1) is 8.04.